The maximum absolute atomic E-state index is 13.2. The van der Waals surface area contributed by atoms with E-state index in [9.17, 15) is 19.5 Å². The lowest BCUT2D eigenvalue weighted by atomic mass is 9.66. The van der Waals surface area contributed by atoms with Crippen LogP contribution >= 0.6 is 11.6 Å². The van der Waals surface area contributed by atoms with Gasteiger partial charge in [-0.25, -0.2) is 0 Å². The van der Waals surface area contributed by atoms with Gasteiger partial charge >= 0.3 is 0 Å². The van der Waals surface area contributed by atoms with Crippen molar-refractivity contribution in [2.75, 3.05) is 20.1 Å². The third-order valence-corrected chi connectivity index (χ3v) is 6.18. The van der Waals surface area contributed by atoms with Gasteiger partial charge in [0.2, 0.25) is 17.7 Å². The van der Waals surface area contributed by atoms with E-state index in [-0.39, 0.29) is 18.2 Å². The van der Waals surface area contributed by atoms with E-state index in [1.807, 2.05) is 39.8 Å². The molecule has 1 heterocycles. The first-order valence-electron chi connectivity index (χ1n) is 10.2. The molecule has 1 aromatic rings. The third-order valence-electron chi connectivity index (χ3n) is 5.93. The van der Waals surface area contributed by atoms with Crippen molar-refractivity contribution in [1.29, 1.82) is 0 Å². The minimum atomic E-state index is -1.11. The highest BCUT2D eigenvalue weighted by Gasteiger charge is 2.50. The summed E-state index contributed by atoms with van der Waals surface area (Å²) < 4.78 is 0. The van der Waals surface area contributed by atoms with Crippen LogP contribution < -0.4 is 10.6 Å². The monoisotopic (exact) mass is 437 g/mol. The van der Waals surface area contributed by atoms with Gasteiger partial charge in [0.15, 0.2) is 0 Å². The molecule has 3 amide bonds. The van der Waals surface area contributed by atoms with Gasteiger partial charge in [-0.2, -0.15) is 0 Å². The molecule has 0 aliphatic carbocycles. The predicted octanol–water partition coefficient (Wildman–Crippen LogP) is 2.06. The average molecular weight is 438 g/mol. The summed E-state index contributed by atoms with van der Waals surface area (Å²) >= 11 is 5.98. The van der Waals surface area contributed by atoms with Gasteiger partial charge in [-0.15, -0.1) is 0 Å². The van der Waals surface area contributed by atoms with Crippen molar-refractivity contribution in [3.8, 4) is 0 Å². The number of aliphatic hydroxyl groups is 1. The summed E-state index contributed by atoms with van der Waals surface area (Å²) in [7, 11) is 1.46. The Morgan fingerprint density at radius 1 is 1.17 bits per heavy atom. The molecular formula is C22H32ClN3O4. The Bertz CT molecular complexity index is 794. The fraction of sp³-hybridized carbons (Fsp3) is 0.591. The zero-order chi connectivity index (χ0) is 22.7. The van der Waals surface area contributed by atoms with E-state index < -0.39 is 28.9 Å². The number of nitrogens with one attached hydrogen (secondary N) is 2. The maximum Gasteiger partial charge on any atom is 0.245 e. The van der Waals surface area contributed by atoms with E-state index in [0.717, 1.165) is 5.56 Å². The Morgan fingerprint density at radius 3 is 2.27 bits per heavy atom. The lowest BCUT2D eigenvalue weighted by molar-refractivity contribution is -0.157. The third kappa shape index (κ3) is 5.13. The van der Waals surface area contributed by atoms with E-state index in [0.29, 0.717) is 24.5 Å². The molecule has 0 aromatic heterocycles. The molecule has 166 valence electrons. The number of hydrogen-bond acceptors (Lipinski definition) is 4. The van der Waals surface area contributed by atoms with Gasteiger partial charge < -0.3 is 20.6 Å². The van der Waals surface area contributed by atoms with Crippen LogP contribution in [0.4, 0.5) is 0 Å². The molecular weight excluding hydrogens is 406 g/mol. The van der Waals surface area contributed by atoms with Gasteiger partial charge in [-0.05, 0) is 30.0 Å². The van der Waals surface area contributed by atoms with Crippen molar-refractivity contribution >= 4 is 29.3 Å². The number of nitrogens with zero attached hydrogens (tertiary/aromatic N) is 1. The summed E-state index contributed by atoms with van der Waals surface area (Å²) in [6.45, 7) is 8.24. The summed E-state index contributed by atoms with van der Waals surface area (Å²) in [5.74, 6) is -1.25. The van der Waals surface area contributed by atoms with Crippen LogP contribution in [0.2, 0.25) is 5.02 Å². The van der Waals surface area contributed by atoms with Gasteiger partial charge in [0.25, 0.3) is 0 Å². The maximum atomic E-state index is 13.2. The number of halogens is 1. The fourth-order valence-corrected chi connectivity index (χ4v) is 4.07. The lowest BCUT2D eigenvalue weighted by Crippen LogP contribution is -2.60. The molecule has 0 radical (unpaired) electrons. The van der Waals surface area contributed by atoms with Gasteiger partial charge in [0.1, 0.15) is 12.5 Å². The molecule has 1 saturated heterocycles. The quantitative estimate of drug-likeness (QED) is 0.593. The number of carbonyl (C=O) groups is 3. The van der Waals surface area contributed by atoms with E-state index in [4.69, 9.17) is 11.6 Å². The van der Waals surface area contributed by atoms with E-state index in [1.54, 1.807) is 17.0 Å². The van der Waals surface area contributed by atoms with Crippen molar-refractivity contribution < 1.29 is 19.5 Å². The minimum absolute atomic E-state index is 0.147. The summed E-state index contributed by atoms with van der Waals surface area (Å²) in [5.41, 5.74) is -0.963. The summed E-state index contributed by atoms with van der Waals surface area (Å²) in [6.07, 6.45) is 0.0409. The molecule has 0 saturated carbocycles. The lowest BCUT2D eigenvalue weighted by Gasteiger charge is -2.51. The van der Waals surface area contributed by atoms with Crippen molar-refractivity contribution in [3.63, 3.8) is 0 Å². The van der Waals surface area contributed by atoms with E-state index in [2.05, 4.69) is 10.6 Å². The standard InChI is InChI=1S/C22H32ClN3O4/c1-14(2)19(25-18(28)12-17(27)24-5)20(29)26-11-10-22(30,21(3,4)13-26)15-6-8-16(23)9-7-15/h6-9,14,19,30H,10-13H2,1-5H3,(H,24,27)(H,25,28)/t19-,22+/m1/s1. The van der Waals surface area contributed by atoms with Gasteiger partial charge in [-0.3, -0.25) is 14.4 Å². The topological polar surface area (TPSA) is 98.7 Å². The van der Waals surface area contributed by atoms with E-state index in [1.165, 1.54) is 7.05 Å². The van der Waals surface area contributed by atoms with Crippen LogP contribution in [-0.2, 0) is 20.0 Å². The second kappa shape index (κ2) is 9.35. The molecule has 8 heteroatoms. The van der Waals surface area contributed by atoms with Crippen LogP contribution in [0.1, 0.15) is 46.1 Å². The Morgan fingerprint density at radius 2 is 1.77 bits per heavy atom. The van der Waals surface area contributed by atoms with Crippen LogP contribution in [0.3, 0.4) is 0 Å². The number of benzene rings is 1. The molecule has 0 unspecified atom stereocenters. The first-order chi connectivity index (χ1) is 13.9. The van der Waals surface area contributed by atoms with E-state index >= 15 is 0 Å². The van der Waals surface area contributed by atoms with Crippen molar-refractivity contribution in [3.05, 3.63) is 34.9 Å². The molecule has 1 aliphatic heterocycles. The molecule has 0 spiro atoms. The Kier molecular flexibility index (Phi) is 7.53. The Balaban J connectivity index is 2.16. The first-order valence-corrected chi connectivity index (χ1v) is 10.6. The molecule has 2 rings (SSSR count). The minimum Gasteiger partial charge on any atom is -0.384 e. The van der Waals surface area contributed by atoms with Gasteiger partial charge in [0, 0.05) is 30.6 Å². The molecule has 1 aromatic carbocycles. The molecule has 30 heavy (non-hydrogen) atoms. The highest BCUT2D eigenvalue weighted by Crippen LogP contribution is 2.46. The summed E-state index contributed by atoms with van der Waals surface area (Å²) in [5, 5.41) is 17.2. The average Bonchev–Trinajstić information content (AvgIpc) is 2.67. The smallest absolute Gasteiger partial charge is 0.245 e. The normalized spacial score (nSPS) is 21.8. The summed E-state index contributed by atoms with van der Waals surface area (Å²) in [6, 6.07) is 6.40. The highest BCUT2D eigenvalue weighted by atomic mass is 35.5. The molecule has 1 aliphatic rings. The second-order valence-electron chi connectivity index (χ2n) is 8.90. The number of likely N-dealkylation sites (tertiary alicyclic amines) is 1. The fourth-order valence-electron chi connectivity index (χ4n) is 3.94. The Hall–Kier alpha value is -2.12. The van der Waals surface area contributed by atoms with Crippen LogP contribution in [0.25, 0.3) is 0 Å². The number of amides is 3. The van der Waals surface area contributed by atoms with Crippen molar-refractivity contribution in [2.45, 2.75) is 52.2 Å². The van der Waals surface area contributed by atoms with Gasteiger partial charge in [-0.1, -0.05) is 51.4 Å². The highest BCUT2D eigenvalue weighted by molar-refractivity contribution is 6.30. The number of carbonyl (C=O) groups excluding carboxylic acids is 3. The zero-order valence-electron chi connectivity index (χ0n) is 18.3. The molecule has 1 fully saturated rings. The van der Waals surface area contributed by atoms with Crippen molar-refractivity contribution in [1.82, 2.24) is 15.5 Å². The van der Waals surface area contributed by atoms with Crippen LogP contribution in [-0.4, -0.2) is 53.9 Å². The largest absolute Gasteiger partial charge is 0.384 e. The number of rotatable bonds is 6. The second-order valence-corrected chi connectivity index (χ2v) is 9.34. The van der Waals surface area contributed by atoms with Crippen molar-refractivity contribution in [2.24, 2.45) is 11.3 Å². The molecule has 2 atom stereocenters. The summed E-state index contributed by atoms with van der Waals surface area (Å²) in [4.78, 5) is 38.5. The number of piperidine rings is 1. The Labute approximate surface area is 183 Å². The van der Waals surface area contributed by atoms with Crippen LogP contribution in [0.15, 0.2) is 24.3 Å². The zero-order valence-corrected chi connectivity index (χ0v) is 19.0. The first kappa shape index (κ1) is 24.2. The van der Waals surface area contributed by atoms with Crippen LogP contribution in [0.5, 0.6) is 0 Å². The van der Waals surface area contributed by atoms with Crippen LogP contribution in [0, 0.1) is 11.3 Å². The molecule has 0 bridgehead atoms. The van der Waals surface area contributed by atoms with Gasteiger partial charge in [0.05, 0.1) is 5.60 Å². The predicted molar refractivity (Wildman–Crippen MR) is 116 cm³/mol. The SMILES string of the molecule is CNC(=O)CC(=O)N[C@@H](C(=O)N1CC[C@](O)(c2ccc(Cl)cc2)C(C)(C)C1)C(C)C. The number of hydrogen-bond donors (Lipinski definition) is 3. The molecule has 7 nitrogen and oxygen atoms in total. The molecule has 3 N–H and O–H groups in total.